The first-order valence-corrected chi connectivity index (χ1v) is 6.60. The van der Waals surface area contributed by atoms with Gasteiger partial charge in [-0.3, -0.25) is 0 Å². The minimum atomic E-state index is 0.290. The number of rotatable bonds is 2. The fraction of sp³-hybridized carbons (Fsp3) is 0.500. The lowest BCUT2D eigenvalue weighted by Gasteiger charge is -2.24. The van der Waals surface area contributed by atoms with Gasteiger partial charge >= 0.3 is 0 Å². The first-order valence-electron chi connectivity index (χ1n) is 6.22. The number of piperidine rings is 1. The molecule has 3 heterocycles. The molecule has 0 aromatic carbocycles. The van der Waals surface area contributed by atoms with E-state index in [0.29, 0.717) is 6.04 Å². The first kappa shape index (κ1) is 11.7. The molecule has 0 unspecified atom stereocenters. The van der Waals surface area contributed by atoms with E-state index >= 15 is 0 Å². The van der Waals surface area contributed by atoms with E-state index in [1.54, 1.807) is 0 Å². The number of nitrogens with one attached hydrogen (secondary N) is 3. The maximum Gasteiger partial charge on any atom is 0.225 e. The molecule has 2 aromatic rings. The second-order valence-corrected chi connectivity index (χ2v) is 5.06. The number of hydrogen-bond acceptors (Lipinski definition) is 4. The average molecular weight is 266 g/mol. The van der Waals surface area contributed by atoms with Crippen LogP contribution in [0.5, 0.6) is 0 Å². The topological polar surface area (TPSA) is 65.6 Å². The smallest absolute Gasteiger partial charge is 0.225 e. The molecule has 0 spiro atoms. The van der Waals surface area contributed by atoms with Gasteiger partial charge in [-0.1, -0.05) is 0 Å². The lowest BCUT2D eigenvalue weighted by atomic mass is 10.1. The summed E-state index contributed by atoms with van der Waals surface area (Å²) < 4.78 is 0. The molecule has 2 aromatic heterocycles. The second kappa shape index (κ2) is 4.74. The Labute approximate surface area is 110 Å². The van der Waals surface area contributed by atoms with Crippen molar-refractivity contribution >= 4 is 28.5 Å². The van der Waals surface area contributed by atoms with Gasteiger partial charge in [0.1, 0.15) is 5.52 Å². The summed E-state index contributed by atoms with van der Waals surface area (Å²) in [7, 11) is 0. The van der Waals surface area contributed by atoms with E-state index in [9.17, 15) is 0 Å². The Balaban J connectivity index is 1.94. The molecule has 0 atom stereocenters. The van der Waals surface area contributed by atoms with Crippen LogP contribution in [0, 0.1) is 6.92 Å². The Morgan fingerprint density at radius 2 is 2.11 bits per heavy atom. The predicted octanol–water partition coefficient (Wildman–Crippen LogP) is 2.08. The van der Waals surface area contributed by atoms with E-state index in [1.807, 2.05) is 13.0 Å². The van der Waals surface area contributed by atoms with Crippen molar-refractivity contribution in [2.24, 2.45) is 0 Å². The molecule has 5 nitrogen and oxygen atoms in total. The Kier molecular flexibility index (Phi) is 3.09. The summed E-state index contributed by atoms with van der Waals surface area (Å²) in [6.07, 6.45) is 2.20. The summed E-state index contributed by atoms with van der Waals surface area (Å²) in [5.74, 6) is 0.810. The van der Waals surface area contributed by atoms with E-state index in [1.165, 1.54) is 0 Å². The molecule has 1 fully saturated rings. The van der Waals surface area contributed by atoms with Gasteiger partial charge in [0.25, 0.3) is 0 Å². The van der Waals surface area contributed by atoms with Gasteiger partial charge in [-0.15, -0.1) is 0 Å². The Hall–Kier alpha value is -1.33. The number of nitrogens with zero attached hydrogens (tertiary/aromatic N) is 2. The molecule has 3 rings (SSSR count). The molecule has 0 saturated carbocycles. The fourth-order valence-corrected chi connectivity index (χ4v) is 2.56. The molecule has 0 bridgehead atoms. The van der Waals surface area contributed by atoms with Crippen LogP contribution >= 0.6 is 11.6 Å². The first-order chi connectivity index (χ1) is 8.72. The van der Waals surface area contributed by atoms with Crippen LogP contribution in [0.25, 0.3) is 11.0 Å². The summed E-state index contributed by atoms with van der Waals surface area (Å²) in [6, 6.07) is 2.43. The van der Waals surface area contributed by atoms with Crippen LogP contribution < -0.4 is 10.6 Å². The zero-order chi connectivity index (χ0) is 12.5. The number of anilines is 1. The zero-order valence-electron chi connectivity index (χ0n) is 10.3. The Morgan fingerprint density at radius 3 is 2.89 bits per heavy atom. The van der Waals surface area contributed by atoms with Gasteiger partial charge in [0.2, 0.25) is 5.28 Å². The normalized spacial score (nSPS) is 17.2. The molecule has 1 aliphatic heterocycles. The second-order valence-electron chi connectivity index (χ2n) is 4.72. The van der Waals surface area contributed by atoms with Crippen LogP contribution in [0.1, 0.15) is 18.5 Å². The molecule has 96 valence electrons. The van der Waals surface area contributed by atoms with Gasteiger partial charge in [0, 0.05) is 11.7 Å². The van der Waals surface area contributed by atoms with Crippen molar-refractivity contribution in [2.45, 2.75) is 25.8 Å². The number of halogens is 1. The number of aromatic nitrogens is 3. The van der Waals surface area contributed by atoms with E-state index in [0.717, 1.165) is 48.5 Å². The van der Waals surface area contributed by atoms with Crippen molar-refractivity contribution in [1.29, 1.82) is 0 Å². The third kappa shape index (κ3) is 2.28. The number of hydrogen-bond donors (Lipinski definition) is 3. The molecular formula is C12H16ClN5. The highest BCUT2D eigenvalue weighted by molar-refractivity contribution is 6.28. The average Bonchev–Trinajstić information content (AvgIpc) is 2.71. The number of fused-ring (bicyclic) bond motifs is 1. The van der Waals surface area contributed by atoms with Crippen LogP contribution in [0.15, 0.2) is 6.07 Å². The highest BCUT2D eigenvalue weighted by Gasteiger charge is 2.16. The van der Waals surface area contributed by atoms with Gasteiger partial charge in [0.15, 0.2) is 5.82 Å². The molecule has 1 aliphatic rings. The number of H-pyrrole nitrogens is 1. The third-order valence-electron chi connectivity index (χ3n) is 3.27. The van der Waals surface area contributed by atoms with Crippen LogP contribution in [-0.4, -0.2) is 34.1 Å². The van der Waals surface area contributed by atoms with Gasteiger partial charge in [0.05, 0.1) is 5.52 Å². The van der Waals surface area contributed by atoms with Gasteiger partial charge < -0.3 is 15.6 Å². The lowest BCUT2D eigenvalue weighted by molar-refractivity contribution is 0.478. The summed E-state index contributed by atoms with van der Waals surface area (Å²) in [6.45, 7) is 4.09. The van der Waals surface area contributed by atoms with Gasteiger partial charge in [-0.05, 0) is 50.5 Å². The fourth-order valence-electron chi connectivity index (χ4n) is 2.38. The highest BCUT2D eigenvalue weighted by atomic mass is 35.5. The Bertz CT molecular complexity index is 559. The molecule has 0 amide bonds. The molecule has 6 heteroatoms. The SMILES string of the molecule is Cc1cc2nc(Cl)nc(NC3CCNCC3)c2[nH]1. The van der Waals surface area contributed by atoms with E-state index in [2.05, 4.69) is 25.6 Å². The highest BCUT2D eigenvalue weighted by Crippen LogP contribution is 2.23. The third-order valence-corrected chi connectivity index (χ3v) is 3.43. The minimum absolute atomic E-state index is 0.290. The van der Waals surface area contributed by atoms with Crippen LogP contribution in [0.4, 0.5) is 5.82 Å². The van der Waals surface area contributed by atoms with Crippen molar-refractivity contribution in [1.82, 2.24) is 20.3 Å². The van der Waals surface area contributed by atoms with Crippen LogP contribution in [0.3, 0.4) is 0 Å². The molecule has 3 N–H and O–H groups in total. The standard InChI is InChI=1S/C12H16ClN5/c1-7-6-9-10(15-7)11(18-12(13)17-9)16-8-2-4-14-5-3-8/h6,8,14-15H,2-5H2,1H3,(H,16,17,18). The summed E-state index contributed by atoms with van der Waals surface area (Å²) in [4.78, 5) is 11.8. The van der Waals surface area contributed by atoms with Crippen molar-refractivity contribution in [3.8, 4) is 0 Å². The lowest BCUT2D eigenvalue weighted by Crippen LogP contribution is -2.35. The molecule has 0 radical (unpaired) electrons. The molecular weight excluding hydrogens is 250 g/mol. The monoisotopic (exact) mass is 265 g/mol. The van der Waals surface area contributed by atoms with Crippen molar-refractivity contribution in [3.63, 3.8) is 0 Å². The van der Waals surface area contributed by atoms with Crippen LogP contribution in [0.2, 0.25) is 5.28 Å². The van der Waals surface area contributed by atoms with E-state index in [-0.39, 0.29) is 5.28 Å². The Morgan fingerprint density at radius 1 is 1.33 bits per heavy atom. The molecule has 0 aliphatic carbocycles. The zero-order valence-corrected chi connectivity index (χ0v) is 11.0. The summed E-state index contributed by atoms with van der Waals surface area (Å²) >= 11 is 5.96. The van der Waals surface area contributed by atoms with Gasteiger partial charge in [-0.2, -0.15) is 4.98 Å². The molecule has 1 saturated heterocycles. The van der Waals surface area contributed by atoms with E-state index < -0.39 is 0 Å². The molecule has 18 heavy (non-hydrogen) atoms. The number of aromatic amines is 1. The minimum Gasteiger partial charge on any atom is -0.365 e. The van der Waals surface area contributed by atoms with Gasteiger partial charge in [-0.25, -0.2) is 4.98 Å². The van der Waals surface area contributed by atoms with Crippen molar-refractivity contribution in [2.75, 3.05) is 18.4 Å². The quantitative estimate of drug-likeness (QED) is 0.728. The summed E-state index contributed by atoms with van der Waals surface area (Å²) in [5.41, 5.74) is 2.87. The maximum absolute atomic E-state index is 5.96. The predicted molar refractivity (Wildman–Crippen MR) is 73.2 cm³/mol. The van der Waals surface area contributed by atoms with Crippen molar-refractivity contribution in [3.05, 3.63) is 17.0 Å². The van der Waals surface area contributed by atoms with Crippen molar-refractivity contribution < 1.29 is 0 Å². The summed E-state index contributed by atoms with van der Waals surface area (Å²) in [5, 5.41) is 7.11. The van der Waals surface area contributed by atoms with Crippen LogP contribution in [-0.2, 0) is 0 Å². The largest absolute Gasteiger partial charge is 0.365 e. The number of aryl methyl sites for hydroxylation is 1. The maximum atomic E-state index is 5.96. The van der Waals surface area contributed by atoms with E-state index in [4.69, 9.17) is 11.6 Å².